The van der Waals surface area contributed by atoms with E-state index in [-0.39, 0.29) is 4.90 Å². The summed E-state index contributed by atoms with van der Waals surface area (Å²) >= 11 is 0. The maximum absolute atomic E-state index is 13.5. The number of fused-ring (bicyclic) bond motifs is 1. The fraction of sp³-hybridized carbons (Fsp3) is 0.0667. The molecule has 0 N–H and O–H groups in total. The maximum atomic E-state index is 13.5. The Morgan fingerprint density at radius 3 is 2.45 bits per heavy atom. The monoisotopic (exact) mass is 289 g/mol. The van der Waals surface area contributed by atoms with Gasteiger partial charge in [-0.2, -0.15) is 0 Å². The number of aromatic nitrogens is 1. The van der Waals surface area contributed by atoms with Crippen LogP contribution in [0.5, 0.6) is 0 Å². The lowest BCUT2D eigenvalue weighted by atomic mass is 10.1. The van der Waals surface area contributed by atoms with E-state index >= 15 is 0 Å². The van der Waals surface area contributed by atoms with Gasteiger partial charge in [-0.25, -0.2) is 16.8 Å². The zero-order chi connectivity index (χ0) is 14.3. The van der Waals surface area contributed by atoms with E-state index < -0.39 is 15.8 Å². The molecule has 0 saturated carbocycles. The van der Waals surface area contributed by atoms with E-state index in [9.17, 15) is 12.8 Å². The van der Waals surface area contributed by atoms with Gasteiger partial charge < -0.3 is 0 Å². The summed E-state index contributed by atoms with van der Waals surface area (Å²) in [7, 11) is -3.71. The van der Waals surface area contributed by atoms with Crippen LogP contribution in [0.25, 0.3) is 10.9 Å². The molecule has 1 heterocycles. The van der Waals surface area contributed by atoms with Gasteiger partial charge in [0.25, 0.3) is 10.0 Å². The zero-order valence-corrected chi connectivity index (χ0v) is 11.6. The summed E-state index contributed by atoms with van der Waals surface area (Å²) in [6, 6.07) is 12.4. The Balaban J connectivity index is 2.31. The zero-order valence-electron chi connectivity index (χ0n) is 10.7. The summed E-state index contributed by atoms with van der Waals surface area (Å²) < 4.78 is 39.8. The first-order valence-corrected chi connectivity index (χ1v) is 7.52. The summed E-state index contributed by atoms with van der Waals surface area (Å²) in [6.45, 7) is 1.75. The number of hydrogen-bond donors (Lipinski definition) is 0. The van der Waals surface area contributed by atoms with Crippen molar-refractivity contribution in [2.24, 2.45) is 0 Å². The molecule has 0 aliphatic carbocycles. The second-order valence-electron chi connectivity index (χ2n) is 4.59. The van der Waals surface area contributed by atoms with Crippen molar-refractivity contribution >= 4 is 20.9 Å². The molecule has 102 valence electrons. The van der Waals surface area contributed by atoms with Crippen LogP contribution in [0.1, 0.15) is 5.56 Å². The second kappa shape index (κ2) is 4.45. The summed E-state index contributed by atoms with van der Waals surface area (Å²) in [5.74, 6) is -0.446. The number of nitrogens with zero attached hydrogens (tertiary/aromatic N) is 1. The molecular weight excluding hydrogens is 277 g/mol. The molecule has 0 spiro atoms. The number of rotatable bonds is 2. The molecule has 5 heteroatoms. The van der Waals surface area contributed by atoms with Crippen LogP contribution < -0.4 is 0 Å². The average molecular weight is 289 g/mol. The predicted octanol–water partition coefficient (Wildman–Crippen LogP) is 3.33. The third kappa shape index (κ3) is 1.91. The molecule has 3 aromatic rings. The van der Waals surface area contributed by atoms with E-state index in [0.29, 0.717) is 11.1 Å². The summed E-state index contributed by atoms with van der Waals surface area (Å²) in [4.78, 5) is 0.180. The number of aryl methyl sites for hydroxylation is 1. The minimum atomic E-state index is -3.71. The number of hydrogen-bond acceptors (Lipinski definition) is 2. The third-order valence-electron chi connectivity index (χ3n) is 3.24. The van der Waals surface area contributed by atoms with Crippen LogP contribution in [0.2, 0.25) is 0 Å². The smallest absolute Gasteiger partial charge is 0.241 e. The highest BCUT2D eigenvalue weighted by atomic mass is 32.2. The van der Waals surface area contributed by atoms with Crippen LogP contribution in [0.4, 0.5) is 4.39 Å². The normalized spacial score (nSPS) is 11.9. The van der Waals surface area contributed by atoms with Crippen LogP contribution in [-0.2, 0) is 10.0 Å². The molecule has 3 nitrogen and oxygen atoms in total. The van der Waals surface area contributed by atoms with E-state index in [2.05, 4.69) is 0 Å². The molecule has 0 aliphatic rings. The highest BCUT2D eigenvalue weighted by molar-refractivity contribution is 7.90. The van der Waals surface area contributed by atoms with Crippen LogP contribution in [0.15, 0.2) is 59.6 Å². The standard InChI is InChI=1S/C15H12FNO2S/c1-11-9-12(16)10-15-14(11)7-8-17(15)20(18,19)13-5-3-2-4-6-13/h2-10H,1H3. The van der Waals surface area contributed by atoms with Gasteiger partial charge in [0.05, 0.1) is 10.4 Å². The van der Waals surface area contributed by atoms with Gasteiger partial charge in [-0.05, 0) is 42.8 Å². The van der Waals surface area contributed by atoms with Crippen LogP contribution in [-0.4, -0.2) is 12.4 Å². The Kier molecular flexibility index (Phi) is 2.87. The molecule has 0 atom stereocenters. The van der Waals surface area contributed by atoms with Gasteiger partial charge in [-0.15, -0.1) is 0 Å². The molecule has 0 amide bonds. The highest BCUT2D eigenvalue weighted by Crippen LogP contribution is 2.25. The molecule has 0 radical (unpaired) electrons. The van der Waals surface area contributed by atoms with Crippen LogP contribution >= 0.6 is 0 Å². The summed E-state index contributed by atoms with van der Waals surface area (Å²) in [5, 5.41) is 0.728. The van der Waals surface area contributed by atoms with Crippen molar-refractivity contribution in [3.8, 4) is 0 Å². The topological polar surface area (TPSA) is 39.1 Å². The van der Waals surface area contributed by atoms with Crippen molar-refractivity contribution in [2.75, 3.05) is 0 Å². The quantitative estimate of drug-likeness (QED) is 0.726. The lowest BCUT2D eigenvalue weighted by molar-refractivity contribution is 0.589. The molecule has 0 fully saturated rings. The number of benzene rings is 2. The predicted molar refractivity (Wildman–Crippen MR) is 75.7 cm³/mol. The third-order valence-corrected chi connectivity index (χ3v) is 4.95. The number of halogens is 1. The molecular formula is C15H12FNO2S. The van der Waals surface area contributed by atoms with E-state index in [1.807, 2.05) is 0 Å². The molecule has 2 aromatic carbocycles. The van der Waals surface area contributed by atoms with Crippen molar-refractivity contribution in [1.82, 2.24) is 3.97 Å². The minimum absolute atomic E-state index is 0.180. The Bertz CT molecular complexity index is 883. The molecule has 0 bridgehead atoms. The van der Waals surface area contributed by atoms with Gasteiger partial charge in [-0.3, -0.25) is 0 Å². The second-order valence-corrected chi connectivity index (χ2v) is 6.40. The Morgan fingerprint density at radius 2 is 1.75 bits per heavy atom. The average Bonchev–Trinajstić information content (AvgIpc) is 2.84. The molecule has 0 saturated heterocycles. The molecule has 0 unspecified atom stereocenters. The van der Waals surface area contributed by atoms with Crippen molar-refractivity contribution in [2.45, 2.75) is 11.8 Å². The van der Waals surface area contributed by atoms with E-state index in [0.717, 1.165) is 9.36 Å². The molecule has 0 aliphatic heterocycles. The van der Waals surface area contributed by atoms with Gasteiger partial charge in [-0.1, -0.05) is 18.2 Å². The summed E-state index contributed by atoms with van der Waals surface area (Å²) in [6.07, 6.45) is 1.46. The minimum Gasteiger partial charge on any atom is -0.241 e. The lowest BCUT2D eigenvalue weighted by Gasteiger charge is -2.08. The van der Waals surface area contributed by atoms with Gasteiger partial charge >= 0.3 is 0 Å². The van der Waals surface area contributed by atoms with Gasteiger partial charge in [0.1, 0.15) is 5.82 Å². The first kappa shape index (κ1) is 12.9. The highest BCUT2D eigenvalue weighted by Gasteiger charge is 2.19. The lowest BCUT2D eigenvalue weighted by Crippen LogP contribution is -2.11. The first-order chi connectivity index (χ1) is 9.50. The summed E-state index contributed by atoms with van der Waals surface area (Å²) in [5.41, 5.74) is 1.06. The van der Waals surface area contributed by atoms with Crippen molar-refractivity contribution in [1.29, 1.82) is 0 Å². The van der Waals surface area contributed by atoms with Gasteiger partial charge in [0.15, 0.2) is 0 Å². The van der Waals surface area contributed by atoms with E-state index in [1.165, 1.54) is 30.5 Å². The Labute approximate surface area is 116 Å². The van der Waals surface area contributed by atoms with Crippen molar-refractivity contribution in [3.63, 3.8) is 0 Å². The first-order valence-electron chi connectivity index (χ1n) is 6.08. The van der Waals surface area contributed by atoms with Gasteiger partial charge in [0, 0.05) is 11.6 Å². The van der Waals surface area contributed by atoms with Gasteiger partial charge in [0.2, 0.25) is 0 Å². The fourth-order valence-corrected chi connectivity index (χ4v) is 3.63. The SMILES string of the molecule is Cc1cc(F)cc2c1ccn2S(=O)(=O)c1ccccc1. The largest absolute Gasteiger partial charge is 0.268 e. The van der Waals surface area contributed by atoms with E-state index in [1.54, 1.807) is 31.2 Å². The van der Waals surface area contributed by atoms with Crippen LogP contribution in [0.3, 0.4) is 0 Å². The van der Waals surface area contributed by atoms with Crippen LogP contribution in [0, 0.1) is 12.7 Å². The molecule has 20 heavy (non-hydrogen) atoms. The molecule has 3 rings (SSSR count). The van der Waals surface area contributed by atoms with E-state index in [4.69, 9.17) is 0 Å². The molecule has 1 aromatic heterocycles. The maximum Gasteiger partial charge on any atom is 0.268 e. The Hall–Kier alpha value is -2.14. The fourth-order valence-electron chi connectivity index (χ4n) is 2.27. The van der Waals surface area contributed by atoms with Crippen molar-refractivity contribution < 1.29 is 12.8 Å². The van der Waals surface area contributed by atoms with Crippen molar-refractivity contribution in [3.05, 3.63) is 66.1 Å². The Morgan fingerprint density at radius 1 is 1.05 bits per heavy atom.